The fraction of sp³-hybridized carbons (Fsp3) is 0.316. The standard InChI is InChI=1S/C19H20F3N3O3/c1-13(14-6-4-3-5-7-14)24(2)18(26)10-11-23-16-9-8-15(19(20,21)22)12-17(16)25(27)28/h3-9,12-13,23H,10-11H2,1-2H3. The molecule has 0 radical (unpaired) electrons. The minimum absolute atomic E-state index is 0.0336. The average molecular weight is 395 g/mol. The van der Waals surface area contributed by atoms with Gasteiger partial charge in [0.15, 0.2) is 0 Å². The summed E-state index contributed by atoms with van der Waals surface area (Å²) in [5, 5.41) is 13.8. The van der Waals surface area contributed by atoms with Crippen LogP contribution in [-0.2, 0) is 11.0 Å². The number of carbonyl (C=O) groups is 1. The zero-order valence-corrected chi connectivity index (χ0v) is 15.4. The van der Waals surface area contributed by atoms with E-state index in [-0.39, 0.29) is 30.6 Å². The van der Waals surface area contributed by atoms with Crippen LogP contribution in [0, 0.1) is 10.1 Å². The predicted molar refractivity (Wildman–Crippen MR) is 98.8 cm³/mol. The van der Waals surface area contributed by atoms with Crippen molar-refractivity contribution in [3.8, 4) is 0 Å². The van der Waals surface area contributed by atoms with E-state index in [1.54, 1.807) is 11.9 Å². The van der Waals surface area contributed by atoms with Crippen molar-refractivity contribution in [1.29, 1.82) is 0 Å². The third kappa shape index (κ3) is 5.21. The first kappa shape index (κ1) is 21.2. The highest BCUT2D eigenvalue weighted by Crippen LogP contribution is 2.35. The second-order valence-electron chi connectivity index (χ2n) is 6.25. The lowest BCUT2D eigenvalue weighted by atomic mass is 10.1. The van der Waals surface area contributed by atoms with Gasteiger partial charge < -0.3 is 10.2 Å². The van der Waals surface area contributed by atoms with E-state index >= 15 is 0 Å². The number of amides is 1. The molecule has 0 saturated carbocycles. The monoisotopic (exact) mass is 395 g/mol. The van der Waals surface area contributed by atoms with Crippen molar-refractivity contribution in [2.75, 3.05) is 18.9 Å². The number of nitrogens with one attached hydrogen (secondary N) is 1. The second kappa shape index (κ2) is 8.73. The molecule has 2 aromatic carbocycles. The summed E-state index contributed by atoms with van der Waals surface area (Å²) in [6.45, 7) is 1.93. The Bertz CT molecular complexity index is 841. The number of nitrogens with zero attached hydrogens (tertiary/aromatic N) is 2. The van der Waals surface area contributed by atoms with Gasteiger partial charge in [-0.1, -0.05) is 30.3 Å². The van der Waals surface area contributed by atoms with Gasteiger partial charge in [0.05, 0.1) is 16.5 Å². The highest BCUT2D eigenvalue weighted by Gasteiger charge is 2.33. The molecule has 0 fully saturated rings. The lowest BCUT2D eigenvalue weighted by molar-refractivity contribution is -0.384. The Balaban J connectivity index is 2.00. The van der Waals surface area contributed by atoms with Crippen LogP contribution in [0.1, 0.15) is 30.5 Å². The van der Waals surface area contributed by atoms with Crippen LogP contribution < -0.4 is 5.32 Å². The molecule has 0 aliphatic heterocycles. The molecule has 0 aliphatic carbocycles. The Labute approximate surface area is 160 Å². The Morgan fingerprint density at radius 2 is 1.86 bits per heavy atom. The summed E-state index contributed by atoms with van der Waals surface area (Å²) >= 11 is 0. The normalized spacial score (nSPS) is 12.3. The zero-order valence-electron chi connectivity index (χ0n) is 15.4. The molecule has 6 nitrogen and oxygen atoms in total. The first-order valence-electron chi connectivity index (χ1n) is 8.51. The summed E-state index contributed by atoms with van der Waals surface area (Å²) in [5.41, 5.74) is -0.889. The molecular formula is C19H20F3N3O3. The molecule has 2 rings (SSSR count). The molecule has 0 aromatic heterocycles. The summed E-state index contributed by atoms with van der Waals surface area (Å²) in [6, 6.07) is 11.5. The van der Waals surface area contributed by atoms with Gasteiger partial charge in [-0.25, -0.2) is 0 Å². The Morgan fingerprint density at radius 3 is 2.43 bits per heavy atom. The average Bonchev–Trinajstić information content (AvgIpc) is 2.66. The number of alkyl halides is 3. The number of hydrogen-bond acceptors (Lipinski definition) is 4. The number of nitro groups is 1. The second-order valence-corrected chi connectivity index (χ2v) is 6.25. The SMILES string of the molecule is CC(c1ccccc1)N(C)C(=O)CCNc1ccc(C(F)(F)F)cc1[N+](=O)[O-]. The third-order valence-corrected chi connectivity index (χ3v) is 4.43. The summed E-state index contributed by atoms with van der Waals surface area (Å²) in [5.74, 6) is -0.196. The van der Waals surface area contributed by atoms with Crippen molar-refractivity contribution >= 4 is 17.3 Å². The highest BCUT2D eigenvalue weighted by atomic mass is 19.4. The number of benzene rings is 2. The van der Waals surface area contributed by atoms with Crippen molar-refractivity contribution in [1.82, 2.24) is 4.90 Å². The van der Waals surface area contributed by atoms with Crippen LogP contribution in [0.3, 0.4) is 0 Å². The van der Waals surface area contributed by atoms with E-state index in [0.29, 0.717) is 6.07 Å². The van der Waals surface area contributed by atoms with Crippen molar-refractivity contribution in [3.05, 3.63) is 69.8 Å². The van der Waals surface area contributed by atoms with Gasteiger partial charge in [-0.05, 0) is 24.6 Å². The molecule has 1 amide bonds. The van der Waals surface area contributed by atoms with Crippen molar-refractivity contribution < 1.29 is 22.9 Å². The molecule has 9 heteroatoms. The fourth-order valence-corrected chi connectivity index (χ4v) is 2.66. The molecule has 0 bridgehead atoms. The number of halogens is 3. The first-order chi connectivity index (χ1) is 13.1. The molecule has 2 aromatic rings. The zero-order chi connectivity index (χ0) is 20.9. The molecule has 1 unspecified atom stereocenters. The lowest BCUT2D eigenvalue weighted by Gasteiger charge is -2.25. The summed E-state index contributed by atoms with van der Waals surface area (Å²) in [7, 11) is 1.65. The van der Waals surface area contributed by atoms with Gasteiger partial charge in [-0.2, -0.15) is 13.2 Å². The van der Waals surface area contributed by atoms with Gasteiger partial charge in [-0.15, -0.1) is 0 Å². The van der Waals surface area contributed by atoms with E-state index < -0.39 is 22.4 Å². The molecule has 0 spiro atoms. The van der Waals surface area contributed by atoms with E-state index in [2.05, 4.69) is 5.32 Å². The van der Waals surface area contributed by atoms with Crippen LogP contribution in [0.4, 0.5) is 24.5 Å². The predicted octanol–water partition coefficient (Wildman–Crippen LogP) is 4.64. The topological polar surface area (TPSA) is 75.5 Å². The van der Waals surface area contributed by atoms with E-state index in [1.807, 2.05) is 37.3 Å². The van der Waals surface area contributed by atoms with Crippen LogP contribution in [0.2, 0.25) is 0 Å². The van der Waals surface area contributed by atoms with E-state index in [9.17, 15) is 28.1 Å². The maximum Gasteiger partial charge on any atom is 0.416 e. The smallest absolute Gasteiger partial charge is 0.379 e. The van der Waals surface area contributed by atoms with Gasteiger partial charge in [-0.3, -0.25) is 14.9 Å². The van der Waals surface area contributed by atoms with E-state index in [1.165, 1.54) is 0 Å². The van der Waals surface area contributed by atoms with Gasteiger partial charge in [0.25, 0.3) is 5.69 Å². The Hall–Kier alpha value is -3.10. The molecule has 0 saturated heterocycles. The molecule has 1 N–H and O–H groups in total. The summed E-state index contributed by atoms with van der Waals surface area (Å²) in [4.78, 5) is 24.1. The first-order valence-corrected chi connectivity index (χ1v) is 8.51. The summed E-state index contributed by atoms with van der Waals surface area (Å²) < 4.78 is 38.2. The van der Waals surface area contributed by atoms with E-state index in [0.717, 1.165) is 17.7 Å². The molecular weight excluding hydrogens is 375 g/mol. The number of carbonyl (C=O) groups excluding carboxylic acids is 1. The molecule has 150 valence electrons. The molecule has 1 atom stereocenters. The van der Waals surface area contributed by atoms with Crippen LogP contribution in [0.5, 0.6) is 0 Å². The largest absolute Gasteiger partial charge is 0.416 e. The Morgan fingerprint density at radius 1 is 1.21 bits per heavy atom. The van der Waals surface area contributed by atoms with Crippen molar-refractivity contribution in [2.45, 2.75) is 25.6 Å². The molecule has 28 heavy (non-hydrogen) atoms. The quantitative estimate of drug-likeness (QED) is 0.548. The minimum Gasteiger partial charge on any atom is -0.379 e. The van der Waals surface area contributed by atoms with Gasteiger partial charge >= 0.3 is 6.18 Å². The van der Waals surface area contributed by atoms with Crippen LogP contribution in [0.15, 0.2) is 48.5 Å². The number of hydrogen-bond donors (Lipinski definition) is 1. The number of nitro benzene ring substituents is 1. The minimum atomic E-state index is -4.67. The third-order valence-electron chi connectivity index (χ3n) is 4.43. The maximum absolute atomic E-state index is 12.7. The van der Waals surface area contributed by atoms with E-state index in [4.69, 9.17) is 0 Å². The number of anilines is 1. The lowest BCUT2D eigenvalue weighted by Crippen LogP contribution is -2.30. The van der Waals surface area contributed by atoms with Gasteiger partial charge in [0, 0.05) is 26.1 Å². The summed E-state index contributed by atoms with van der Waals surface area (Å²) in [6.07, 6.45) is -4.64. The van der Waals surface area contributed by atoms with Crippen LogP contribution in [0.25, 0.3) is 0 Å². The Kier molecular flexibility index (Phi) is 6.61. The van der Waals surface area contributed by atoms with Crippen LogP contribution >= 0.6 is 0 Å². The number of rotatable bonds is 7. The van der Waals surface area contributed by atoms with Crippen LogP contribution in [-0.4, -0.2) is 29.3 Å². The highest BCUT2D eigenvalue weighted by molar-refractivity contribution is 5.77. The molecule has 0 heterocycles. The fourth-order valence-electron chi connectivity index (χ4n) is 2.66. The molecule has 0 aliphatic rings. The maximum atomic E-state index is 12.7. The van der Waals surface area contributed by atoms with Crippen molar-refractivity contribution in [2.24, 2.45) is 0 Å². The van der Waals surface area contributed by atoms with Crippen molar-refractivity contribution in [3.63, 3.8) is 0 Å². The van der Waals surface area contributed by atoms with Gasteiger partial charge in [0.1, 0.15) is 5.69 Å². The van der Waals surface area contributed by atoms with Gasteiger partial charge in [0.2, 0.25) is 5.91 Å².